The molecule has 0 unspecified atom stereocenters. The number of carbonyl (C=O) groups is 2. The van der Waals surface area contributed by atoms with E-state index < -0.39 is 17.7 Å². The highest BCUT2D eigenvalue weighted by molar-refractivity contribution is 7.23. The number of hydrogen-bond acceptors (Lipinski definition) is 5. The van der Waals surface area contributed by atoms with E-state index in [4.69, 9.17) is 4.74 Å². The fourth-order valence-corrected chi connectivity index (χ4v) is 4.13. The topological polar surface area (TPSA) is 71.5 Å². The first-order chi connectivity index (χ1) is 13.2. The summed E-state index contributed by atoms with van der Waals surface area (Å²) >= 11 is 1.33. The number of hydrogen-bond donors (Lipinski definition) is 1. The summed E-state index contributed by atoms with van der Waals surface area (Å²) in [7, 11) is 0. The zero-order valence-corrected chi connectivity index (χ0v) is 16.6. The molecule has 1 aliphatic heterocycles. The van der Waals surface area contributed by atoms with Crippen LogP contribution in [0.1, 0.15) is 27.2 Å². The molecule has 3 aromatic rings. The van der Waals surface area contributed by atoms with Gasteiger partial charge in [-0.3, -0.25) is 9.69 Å². The zero-order valence-electron chi connectivity index (χ0n) is 15.8. The second-order valence-electron chi connectivity index (χ2n) is 7.77. The normalized spacial score (nSPS) is 16.9. The van der Waals surface area contributed by atoms with Crippen LogP contribution < -0.4 is 5.32 Å². The number of nitrogens with one attached hydrogen (secondary N) is 1. The fourth-order valence-electron chi connectivity index (χ4n) is 3.13. The lowest BCUT2D eigenvalue weighted by Gasteiger charge is -2.39. The second kappa shape index (κ2) is 6.70. The van der Waals surface area contributed by atoms with Crippen molar-refractivity contribution in [3.63, 3.8) is 0 Å². The number of halogens is 1. The Morgan fingerprint density at radius 2 is 2.07 bits per heavy atom. The largest absolute Gasteiger partial charge is 0.444 e. The van der Waals surface area contributed by atoms with Crippen LogP contribution in [0.15, 0.2) is 30.3 Å². The number of carbonyl (C=O) groups excluding carboxylic acids is 2. The molecule has 6 nitrogen and oxygen atoms in total. The quantitative estimate of drug-likeness (QED) is 0.685. The summed E-state index contributed by atoms with van der Waals surface area (Å²) in [5.41, 5.74) is 0.123. The van der Waals surface area contributed by atoms with Gasteiger partial charge in [0.15, 0.2) is 5.13 Å². The molecule has 0 aliphatic carbocycles. The molecule has 1 N–H and O–H groups in total. The molecule has 28 heavy (non-hydrogen) atoms. The Labute approximate surface area is 165 Å². The van der Waals surface area contributed by atoms with Gasteiger partial charge in [0, 0.05) is 11.9 Å². The minimum absolute atomic E-state index is 0.286. The van der Waals surface area contributed by atoms with Crippen molar-refractivity contribution in [2.75, 3.05) is 11.9 Å². The van der Waals surface area contributed by atoms with Gasteiger partial charge in [-0.15, -0.1) is 0 Å². The van der Waals surface area contributed by atoms with E-state index in [1.807, 2.05) is 6.07 Å². The molecule has 2 heterocycles. The summed E-state index contributed by atoms with van der Waals surface area (Å²) in [6.45, 7) is 5.86. The number of nitrogens with zero attached hydrogens (tertiary/aromatic N) is 2. The molecule has 1 fully saturated rings. The Morgan fingerprint density at radius 3 is 2.75 bits per heavy atom. The highest BCUT2D eigenvalue weighted by Gasteiger charge is 2.40. The van der Waals surface area contributed by atoms with Crippen molar-refractivity contribution in [1.29, 1.82) is 0 Å². The summed E-state index contributed by atoms with van der Waals surface area (Å²) in [5.74, 6) is -0.580. The van der Waals surface area contributed by atoms with Gasteiger partial charge in [0.1, 0.15) is 17.5 Å². The standard InChI is InChI=1S/C20H20FN3O3S/c1-20(2,3)27-19(26)24-9-8-15(24)17(25)23-18-22-14-7-4-11-10-12(21)5-6-13(11)16(14)28-18/h4-7,10,15H,8-9H2,1-3H3,(H,22,23,25)/t15-/m0/s1. The molecule has 1 saturated heterocycles. The van der Waals surface area contributed by atoms with Crippen molar-refractivity contribution in [1.82, 2.24) is 9.88 Å². The molecule has 1 aromatic heterocycles. The van der Waals surface area contributed by atoms with Gasteiger partial charge in [-0.25, -0.2) is 14.2 Å². The number of thiazole rings is 1. The third-order valence-corrected chi connectivity index (χ3v) is 5.53. The third-order valence-electron chi connectivity index (χ3n) is 4.51. The van der Waals surface area contributed by atoms with Crippen molar-refractivity contribution in [3.8, 4) is 0 Å². The van der Waals surface area contributed by atoms with Gasteiger partial charge in [-0.1, -0.05) is 17.4 Å². The minimum atomic E-state index is -0.610. The van der Waals surface area contributed by atoms with Gasteiger partial charge in [0.05, 0.1) is 10.2 Å². The van der Waals surface area contributed by atoms with Crippen molar-refractivity contribution in [3.05, 3.63) is 36.1 Å². The molecular formula is C20H20FN3O3S. The van der Waals surface area contributed by atoms with Gasteiger partial charge < -0.3 is 10.1 Å². The second-order valence-corrected chi connectivity index (χ2v) is 8.76. The van der Waals surface area contributed by atoms with Crippen LogP contribution in [0, 0.1) is 5.82 Å². The van der Waals surface area contributed by atoms with Crippen LogP contribution in [0.25, 0.3) is 21.0 Å². The summed E-state index contributed by atoms with van der Waals surface area (Å²) in [6.07, 6.45) is 0.0919. The van der Waals surface area contributed by atoms with Crippen molar-refractivity contribution >= 4 is 49.5 Å². The Morgan fingerprint density at radius 1 is 1.29 bits per heavy atom. The Balaban J connectivity index is 1.52. The maximum absolute atomic E-state index is 13.4. The van der Waals surface area contributed by atoms with Gasteiger partial charge in [0.25, 0.3) is 0 Å². The van der Waals surface area contributed by atoms with Crippen LogP contribution in [0.5, 0.6) is 0 Å². The van der Waals surface area contributed by atoms with E-state index in [9.17, 15) is 14.0 Å². The van der Waals surface area contributed by atoms with Gasteiger partial charge >= 0.3 is 6.09 Å². The predicted octanol–water partition coefficient (Wildman–Crippen LogP) is 4.54. The smallest absolute Gasteiger partial charge is 0.410 e. The third kappa shape index (κ3) is 3.52. The summed E-state index contributed by atoms with van der Waals surface area (Å²) in [6, 6.07) is 7.65. The molecule has 146 valence electrons. The van der Waals surface area contributed by atoms with Crippen LogP contribution in [0.2, 0.25) is 0 Å². The number of amides is 2. The molecule has 0 spiro atoms. The number of ether oxygens (including phenoxy) is 1. The molecule has 8 heteroatoms. The Hall–Kier alpha value is -2.74. The van der Waals surface area contributed by atoms with Gasteiger partial charge in [-0.2, -0.15) is 0 Å². The summed E-state index contributed by atoms with van der Waals surface area (Å²) in [5, 5.41) is 4.92. The van der Waals surface area contributed by atoms with E-state index in [1.165, 1.54) is 28.4 Å². The first kappa shape index (κ1) is 18.6. The molecule has 0 saturated carbocycles. The molecule has 1 atom stereocenters. The number of likely N-dealkylation sites (tertiary alicyclic amines) is 1. The lowest BCUT2D eigenvalue weighted by atomic mass is 10.0. The summed E-state index contributed by atoms with van der Waals surface area (Å²) in [4.78, 5) is 30.7. The van der Waals surface area contributed by atoms with Crippen molar-refractivity contribution < 1.29 is 18.7 Å². The van der Waals surface area contributed by atoms with E-state index in [0.29, 0.717) is 18.1 Å². The number of fused-ring (bicyclic) bond motifs is 3. The first-order valence-corrected chi connectivity index (χ1v) is 9.82. The monoisotopic (exact) mass is 401 g/mol. The molecule has 2 aromatic carbocycles. The van der Waals surface area contributed by atoms with E-state index in [2.05, 4.69) is 10.3 Å². The van der Waals surface area contributed by atoms with Crippen LogP contribution in [-0.4, -0.2) is 40.1 Å². The maximum Gasteiger partial charge on any atom is 0.410 e. The highest BCUT2D eigenvalue weighted by atomic mass is 32.1. The number of anilines is 1. The molecule has 2 amide bonds. The van der Waals surface area contributed by atoms with E-state index in [0.717, 1.165) is 21.0 Å². The molecule has 0 bridgehead atoms. The average molecular weight is 401 g/mol. The molecule has 0 radical (unpaired) electrons. The molecular weight excluding hydrogens is 381 g/mol. The highest BCUT2D eigenvalue weighted by Crippen LogP contribution is 2.33. The zero-order chi connectivity index (χ0) is 20.1. The van der Waals surface area contributed by atoms with E-state index >= 15 is 0 Å². The van der Waals surface area contributed by atoms with Crippen LogP contribution in [0.3, 0.4) is 0 Å². The Kier molecular flexibility index (Phi) is 4.45. The lowest BCUT2D eigenvalue weighted by molar-refractivity contribution is -0.125. The van der Waals surface area contributed by atoms with Crippen molar-refractivity contribution in [2.45, 2.75) is 38.8 Å². The van der Waals surface area contributed by atoms with Gasteiger partial charge in [0.2, 0.25) is 5.91 Å². The van der Waals surface area contributed by atoms with Crippen LogP contribution in [0.4, 0.5) is 14.3 Å². The van der Waals surface area contributed by atoms with Crippen LogP contribution in [-0.2, 0) is 9.53 Å². The number of benzene rings is 2. The SMILES string of the molecule is CC(C)(C)OC(=O)N1CC[C@H]1C(=O)Nc1nc2ccc3cc(F)ccc3c2s1. The van der Waals surface area contributed by atoms with E-state index in [1.54, 1.807) is 32.9 Å². The fraction of sp³-hybridized carbons (Fsp3) is 0.350. The molecule has 1 aliphatic rings. The maximum atomic E-state index is 13.4. The summed E-state index contributed by atoms with van der Waals surface area (Å²) < 4.78 is 19.7. The number of aromatic nitrogens is 1. The van der Waals surface area contributed by atoms with E-state index in [-0.39, 0.29) is 11.7 Å². The van der Waals surface area contributed by atoms with Gasteiger partial charge in [-0.05, 0) is 56.8 Å². The van der Waals surface area contributed by atoms with Crippen LogP contribution >= 0.6 is 11.3 Å². The number of rotatable bonds is 2. The predicted molar refractivity (Wildman–Crippen MR) is 107 cm³/mol. The van der Waals surface area contributed by atoms with Crippen molar-refractivity contribution in [2.24, 2.45) is 0 Å². The molecule has 4 rings (SSSR count). The minimum Gasteiger partial charge on any atom is -0.444 e. The first-order valence-electron chi connectivity index (χ1n) is 9.00. The average Bonchev–Trinajstić information content (AvgIpc) is 2.94. The Bertz CT molecular complexity index is 1090. The lowest BCUT2D eigenvalue weighted by Crippen LogP contribution is -2.57.